The van der Waals surface area contributed by atoms with Gasteiger partial charge in [-0.25, -0.2) is 4.79 Å². The first-order chi connectivity index (χ1) is 12.4. The topological polar surface area (TPSA) is 71.2 Å². The van der Waals surface area contributed by atoms with Crippen molar-refractivity contribution >= 4 is 39.1 Å². The van der Waals surface area contributed by atoms with Crippen molar-refractivity contribution in [1.29, 1.82) is 0 Å². The molecule has 5 nitrogen and oxygen atoms in total. The van der Waals surface area contributed by atoms with Gasteiger partial charge in [-0.2, -0.15) is 0 Å². The second kappa shape index (κ2) is 7.33. The molecule has 0 unspecified atom stereocenters. The van der Waals surface area contributed by atoms with Gasteiger partial charge in [0.25, 0.3) is 0 Å². The highest BCUT2D eigenvalue weighted by atomic mass is 32.1. The number of H-pyrrole nitrogens is 1. The molecule has 0 saturated heterocycles. The summed E-state index contributed by atoms with van der Waals surface area (Å²) in [5, 5.41) is 4.53. The summed E-state index contributed by atoms with van der Waals surface area (Å²) in [4.78, 5) is 29.1. The third-order valence-electron chi connectivity index (χ3n) is 4.46. The quantitative estimate of drug-likeness (QED) is 0.649. The Morgan fingerprint density at radius 2 is 2.00 bits per heavy atom. The third kappa shape index (κ3) is 3.37. The fourth-order valence-electron chi connectivity index (χ4n) is 3.10. The van der Waals surface area contributed by atoms with Gasteiger partial charge in [-0.3, -0.25) is 4.79 Å². The van der Waals surface area contributed by atoms with Crippen molar-refractivity contribution in [2.24, 2.45) is 0 Å². The number of thiophene rings is 1. The maximum absolute atomic E-state index is 12.6. The van der Waals surface area contributed by atoms with Crippen molar-refractivity contribution < 1.29 is 14.3 Å². The second-order valence-electron chi connectivity index (χ2n) is 6.24. The summed E-state index contributed by atoms with van der Waals surface area (Å²) in [5.41, 5.74) is 4.40. The molecule has 1 aromatic carbocycles. The van der Waals surface area contributed by atoms with Gasteiger partial charge >= 0.3 is 5.97 Å². The summed E-state index contributed by atoms with van der Waals surface area (Å²) in [6.45, 7) is 7.90. The van der Waals surface area contributed by atoms with E-state index in [1.165, 1.54) is 11.3 Å². The van der Waals surface area contributed by atoms with Gasteiger partial charge in [-0.05, 0) is 50.5 Å². The van der Waals surface area contributed by atoms with Gasteiger partial charge in [0.1, 0.15) is 5.00 Å². The second-order valence-corrected chi connectivity index (χ2v) is 7.47. The number of amides is 1. The van der Waals surface area contributed by atoms with Crippen LogP contribution < -0.4 is 5.32 Å². The summed E-state index contributed by atoms with van der Waals surface area (Å²) in [5.74, 6) is -0.548. The number of anilines is 1. The van der Waals surface area contributed by atoms with Crippen LogP contribution >= 0.6 is 11.3 Å². The van der Waals surface area contributed by atoms with Gasteiger partial charge < -0.3 is 15.0 Å². The highest BCUT2D eigenvalue weighted by Gasteiger charge is 2.22. The molecule has 1 amide bonds. The number of benzene rings is 1. The molecule has 0 spiro atoms. The van der Waals surface area contributed by atoms with Crippen molar-refractivity contribution in [2.75, 3.05) is 11.9 Å². The zero-order chi connectivity index (χ0) is 18.8. The third-order valence-corrected chi connectivity index (χ3v) is 5.59. The van der Waals surface area contributed by atoms with Gasteiger partial charge in [-0.1, -0.05) is 12.1 Å². The number of hydrogen-bond donors (Lipinski definition) is 2. The molecule has 0 saturated carbocycles. The molecule has 0 bridgehead atoms. The number of esters is 1. The summed E-state index contributed by atoms with van der Waals surface area (Å²) in [6, 6.07) is 6.01. The minimum absolute atomic E-state index is 0.152. The van der Waals surface area contributed by atoms with Crippen molar-refractivity contribution in [3.05, 3.63) is 51.5 Å². The Balaban J connectivity index is 1.84. The number of hydrogen-bond acceptors (Lipinski definition) is 4. The Morgan fingerprint density at radius 1 is 1.23 bits per heavy atom. The number of aromatic nitrogens is 1. The van der Waals surface area contributed by atoms with Gasteiger partial charge in [0.15, 0.2) is 0 Å². The number of fused-ring (bicyclic) bond motifs is 1. The van der Waals surface area contributed by atoms with E-state index >= 15 is 0 Å². The normalized spacial score (nSPS) is 10.9. The van der Waals surface area contributed by atoms with E-state index in [9.17, 15) is 9.59 Å². The maximum Gasteiger partial charge on any atom is 0.341 e. The first-order valence-corrected chi connectivity index (χ1v) is 9.36. The van der Waals surface area contributed by atoms with Crippen molar-refractivity contribution in [1.82, 2.24) is 4.98 Å². The van der Waals surface area contributed by atoms with Gasteiger partial charge in [0, 0.05) is 22.0 Å². The molecule has 0 aliphatic rings. The molecule has 2 N–H and O–H groups in total. The lowest BCUT2D eigenvalue weighted by molar-refractivity contribution is -0.115. The molecular weight excluding hydrogens is 348 g/mol. The zero-order valence-corrected chi connectivity index (χ0v) is 16.2. The molecule has 2 heterocycles. The lowest BCUT2D eigenvalue weighted by Gasteiger charge is -2.07. The fraction of sp³-hybridized carbons (Fsp3) is 0.300. The highest BCUT2D eigenvalue weighted by molar-refractivity contribution is 7.16. The Morgan fingerprint density at radius 3 is 2.73 bits per heavy atom. The Kier molecular flexibility index (Phi) is 5.13. The van der Waals surface area contributed by atoms with E-state index in [2.05, 4.69) is 10.3 Å². The average molecular weight is 370 g/mol. The van der Waals surface area contributed by atoms with E-state index in [4.69, 9.17) is 4.74 Å². The lowest BCUT2D eigenvalue weighted by Crippen LogP contribution is -2.16. The van der Waals surface area contributed by atoms with Crippen LogP contribution in [0.1, 0.15) is 38.8 Å². The standard InChI is InChI=1S/C20H22N2O3S/c1-5-25-20(24)18-12(3)13(4)26-19(18)22-16(23)9-14-10-21-15-8-6-7-11(2)17(14)15/h6-8,10,21H,5,9H2,1-4H3,(H,22,23). The van der Waals surface area contributed by atoms with E-state index in [-0.39, 0.29) is 12.3 Å². The van der Waals surface area contributed by atoms with Crippen LogP contribution in [0.15, 0.2) is 24.4 Å². The van der Waals surface area contributed by atoms with E-state index in [0.29, 0.717) is 17.2 Å². The van der Waals surface area contributed by atoms with Crippen LogP contribution in [0, 0.1) is 20.8 Å². The molecule has 6 heteroatoms. The van der Waals surface area contributed by atoms with Crippen LogP contribution in [0.3, 0.4) is 0 Å². The van der Waals surface area contributed by atoms with Crippen LogP contribution in [0.4, 0.5) is 5.00 Å². The summed E-state index contributed by atoms with van der Waals surface area (Å²) in [7, 11) is 0. The van der Waals surface area contributed by atoms with Crippen molar-refractivity contribution in [3.8, 4) is 0 Å². The smallest absolute Gasteiger partial charge is 0.341 e. The molecule has 2 aromatic heterocycles. The number of aromatic amines is 1. The van der Waals surface area contributed by atoms with Crippen LogP contribution in [0.2, 0.25) is 0 Å². The van der Waals surface area contributed by atoms with Crippen LogP contribution in [-0.2, 0) is 16.0 Å². The molecular formula is C20H22N2O3S. The Hall–Kier alpha value is -2.60. The van der Waals surface area contributed by atoms with Crippen LogP contribution in [0.25, 0.3) is 10.9 Å². The van der Waals surface area contributed by atoms with Gasteiger partial charge in [0.2, 0.25) is 5.91 Å². The number of nitrogens with one attached hydrogen (secondary N) is 2. The van der Waals surface area contributed by atoms with Gasteiger partial charge in [-0.15, -0.1) is 11.3 Å². The van der Waals surface area contributed by atoms with Crippen LogP contribution in [-0.4, -0.2) is 23.5 Å². The predicted octanol–water partition coefficient (Wildman–Crippen LogP) is 4.51. The summed E-state index contributed by atoms with van der Waals surface area (Å²) >= 11 is 1.40. The molecule has 26 heavy (non-hydrogen) atoms. The first-order valence-electron chi connectivity index (χ1n) is 8.54. The molecule has 0 radical (unpaired) electrons. The molecule has 0 aliphatic heterocycles. The van der Waals surface area contributed by atoms with Crippen molar-refractivity contribution in [2.45, 2.75) is 34.1 Å². The molecule has 3 rings (SSSR count). The van der Waals surface area contributed by atoms with Crippen LogP contribution in [0.5, 0.6) is 0 Å². The predicted molar refractivity (Wildman–Crippen MR) is 105 cm³/mol. The monoisotopic (exact) mass is 370 g/mol. The Bertz CT molecular complexity index is 985. The molecule has 0 fully saturated rings. The first kappa shape index (κ1) is 18.2. The number of ether oxygens (including phenoxy) is 1. The van der Waals surface area contributed by atoms with E-state index < -0.39 is 5.97 Å². The molecule has 3 aromatic rings. The Labute approximate surface area is 156 Å². The maximum atomic E-state index is 12.6. The molecule has 136 valence electrons. The van der Waals surface area contributed by atoms with E-state index in [0.717, 1.165) is 32.5 Å². The largest absolute Gasteiger partial charge is 0.462 e. The zero-order valence-electron chi connectivity index (χ0n) is 15.4. The minimum Gasteiger partial charge on any atom is -0.462 e. The lowest BCUT2D eigenvalue weighted by atomic mass is 10.1. The summed E-state index contributed by atoms with van der Waals surface area (Å²) in [6.07, 6.45) is 2.11. The average Bonchev–Trinajstić information content (AvgIpc) is 3.10. The van der Waals surface area contributed by atoms with Crippen molar-refractivity contribution in [3.63, 3.8) is 0 Å². The fourth-order valence-corrected chi connectivity index (χ4v) is 4.16. The number of aryl methyl sites for hydroxylation is 2. The molecule has 0 atom stereocenters. The molecule has 0 aliphatic carbocycles. The number of carbonyl (C=O) groups excluding carboxylic acids is 2. The number of rotatable bonds is 5. The summed E-state index contributed by atoms with van der Waals surface area (Å²) < 4.78 is 5.14. The minimum atomic E-state index is -0.396. The van der Waals surface area contributed by atoms with E-state index in [1.54, 1.807) is 6.92 Å². The van der Waals surface area contributed by atoms with Gasteiger partial charge in [0.05, 0.1) is 18.6 Å². The van der Waals surface area contributed by atoms with E-state index in [1.807, 2.05) is 45.2 Å². The number of carbonyl (C=O) groups is 2. The highest BCUT2D eigenvalue weighted by Crippen LogP contribution is 2.33. The SMILES string of the molecule is CCOC(=O)c1c(NC(=O)Cc2c[nH]c3cccc(C)c23)sc(C)c1C.